The summed E-state index contributed by atoms with van der Waals surface area (Å²) < 4.78 is 0. The van der Waals surface area contributed by atoms with Gasteiger partial charge in [0.15, 0.2) is 0 Å². The predicted molar refractivity (Wildman–Crippen MR) is 91.8 cm³/mol. The molecule has 0 aliphatic carbocycles. The Kier molecular flexibility index (Phi) is 4.68. The van der Waals surface area contributed by atoms with Crippen molar-refractivity contribution in [3.63, 3.8) is 0 Å². The molecule has 6 heteroatoms. The van der Waals surface area contributed by atoms with Crippen molar-refractivity contribution >= 4 is 17.7 Å². The standard InChI is InChI=1S/C17H27N5O/c1-13-4-6-21(7-5-13)16-12-14(2)18-17(19-16)22-10-8-20(9-11-22)15(3)23/h12-13H,4-11H2,1-3H3. The molecule has 0 saturated carbocycles. The molecule has 0 N–H and O–H groups in total. The number of rotatable bonds is 2. The number of amides is 1. The van der Waals surface area contributed by atoms with Gasteiger partial charge in [0.1, 0.15) is 5.82 Å². The summed E-state index contributed by atoms with van der Waals surface area (Å²) in [4.78, 5) is 27.4. The van der Waals surface area contributed by atoms with Crippen LogP contribution in [0.1, 0.15) is 32.4 Å². The van der Waals surface area contributed by atoms with E-state index in [1.54, 1.807) is 6.92 Å². The minimum atomic E-state index is 0.151. The molecule has 23 heavy (non-hydrogen) atoms. The number of anilines is 2. The maximum Gasteiger partial charge on any atom is 0.227 e. The molecule has 0 radical (unpaired) electrons. The van der Waals surface area contributed by atoms with Gasteiger partial charge in [0.2, 0.25) is 11.9 Å². The van der Waals surface area contributed by atoms with Gasteiger partial charge >= 0.3 is 0 Å². The Balaban J connectivity index is 1.72. The Bertz CT molecular complexity index is 560. The van der Waals surface area contributed by atoms with Crippen LogP contribution >= 0.6 is 0 Å². The van der Waals surface area contributed by atoms with E-state index in [1.807, 2.05) is 11.8 Å². The van der Waals surface area contributed by atoms with Crippen LogP contribution in [0.25, 0.3) is 0 Å². The van der Waals surface area contributed by atoms with E-state index in [4.69, 9.17) is 4.98 Å². The number of hydrogen-bond acceptors (Lipinski definition) is 5. The molecule has 2 saturated heterocycles. The number of aryl methyl sites for hydroxylation is 1. The second kappa shape index (κ2) is 6.72. The van der Waals surface area contributed by atoms with Gasteiger partial charge in [0.25, 0.3) is 0 Å². The normalized spacial score (nSPS) is 20.0. The fraction of sp³-hybridized carbons (Fsp3) is 0.706. The zero-order valence-electron chi connectivity index (χ0n) is 14.5. The molecule has 1 aromatic heterocycles. The maximum atomic E-state index is 11.5. The Morgan fingerprint density at radius 3 is 2.30 bits per heavy atom. The predicted octanol–water partition coefficient (Wildman–Crippen LogP) is 1.69. The van der Waals surface area contributed by atoms with Crippen molar-refractivity contribution < 1.29 is 4.79 Å². The van der Waals surface area contributed by atoms with E-state index in [1.165, 1.54) is 12.8 Å². The topological polar surface area (TPSA) is 52.6 Å². The summed E-state index contributed by atoms with van der Waals surface area (Å²) >= 11 is 0. The third kappa shape index (κ3) is 3.74. The van der Waals surface area contributed by atoms with Gasteiger partial charge in [0, 0.05) is 58.0 Å². The lowest BCUT2D eigenvalue weighted by molar-refractivity contribution is -0.129. The number of hydrogen-bond donors (Lipinski definition) is 0. The van der Waals surface area contributed by atoms with Crippen molar-refractivity contribution in [1.29, 1.82) is 0 Å². The Hall–Kier alpha value is -1.85. The first kappa shape index (κ1) is 16.0. The molecule has 1 amide bonds. The van der Waals surface area contributed by atoms with E-state index in [0.29, 0.717) is 0 Å². The fourth-order valence-electron chi connectivity index (χ4n) is 3.30. The molecule has 0 spiro atoms. The third-order valence-corrected chi connectivity index (χ3v) is 4.94. The molecule has 2 aliphatic rings. The molecule has 2 aliphatic heterocycles. The average molecular weight is 317 g/mol. The third-order valence-electron chi connectivity index (χ3n) is 4.94. The molecule has 6 nitrogen and oxygen atoms in total. The molecule has 0 bridgehead atoms. The Morgan fingerprint density at radius 2 is 1.70 bits per heavy atom. The number of piperazine rings is 1. The van der Waals surface area contributed by atoms with Gasteiger partial charge in [-0.2, -0.15) is 4.98 Å². The van der Waals surface area contributed by atoms with Crippen LogP contribution in [0, 0.1) is 12.8 Å². The summed E-state index contributed by atoms with van der Waals surface area (Å²) in [6, 6.07) is 2.09. The molecule has 1 aromatic rings. The number of carbonyl (C=O) groups is 1. The highest BCUT2D eigenvalue weighted by molar-refractivity contribution is 5.73. The lowest BCUT2D eigenvalue weighted by Gasteiger charge is -2.35. The number of aromatic nitrogens is 2. The van der Waals surface area contributed by atoms with E-state index in [9.17, 15) is 4.79 Å². The highest BCUT2D eigenvalue weighted by Crippen LogP contribution is 2.24. The van der Waals surface area contributed by atoms with Crippen LogP contribution in [-0.4, -0.2) is 60.0 Å². The van der Waals surface area contributed by atoms with Crippen LogP contribution < -0.4 is 9.80 Å². The van der Waals surface area contributed by atoms with Crippen molar-refractivity contribution in [2.45, 2.75) is 33.6 Å². The highest BCUT2D eigenvalue weighted by Gasteiger charge is 2.23. The Labute approximate surface area is 138 Å². The quantitative estimate of drug-likeness (QED) is 0.831. The number of nitrogens with zero attached hydrogens (tertiary/aromatic N) is 5. The molecule has 3 rings (SSSR count). The summed E-state index contributed by atoms with van der Waals surface area (Å²) in [6.45, 7) is 11.3. The fourth-order valence-corrected chi connectivity index (χ4v) is 3.30. The summed E-state index contributed by atoms with van der Waals surface area (Å²) in [5.41, 5.74) is 1.01. The highest BCUT2D eigenvalue weighted by atomic mass is 16.2. The van der Waals surface area contributed by atoms with Crippen LogP contribution in [-0.2, 0) is 4.79 Å². The van der Waals surface area contributed by atoms with Crippen molar-refractivity contribution in [3.05, 3.63) is 11.8 Å². The van der Waals surface area contributed by atoms with Gasteiger partial charge in [-0.1, -0.05) is 6.92 Å². The van der Waals surface area contributed by atoms with Gasteiger partial charge in [0.05, 0.1) is 0 Å². The van der Waals surface area contributed by atoms with Gasteiger partial charge < -0.3 is 14.7 Å². The zero-order chi connectivity index (χ0) is 16.4. The molecule has 0 aromatic carbocycles. The second-order valence-corrected chi connectivity index (χ2v) is 6.83. The van der Waals surface area contributed by atoms with Gasteiger partial charge in [-0.3, -0.25) is 4.79 Å². The van der Waals surface area contributed by atoms with E-state index in [0.717, 1.165) is 62.6 Å². The molecular weight excluding hydrogens is 290 g/mol. The Morgan fingerprint density at radius 1 is 1.04 bits per heavy atom. The van der Waals surface area contributed by atoms with E-state index >= 15 is 0 Å². The van der Waals surface area contributed by atoms with E-state index in [-0.39, 0.29) is 5.91 Å². The second-order valence-electron chi connectivity index (χ2n) is 6.83. The van der Waals surface area contributed by atoms with Gasteiger partial charge in [-0.05, 0) is 25.7 Å². The largest absolute Gasteiger partial charge is 0.356 e. The molecule has 126 valence electrons. The van der Waals surface area contributed by atoms with E-state index in [2.05, 4.69) is 27.8 Å². The SMILES string of the molecule is CC(=O)N1CCN(c2nc(C)cc(N3CCC(C)CC3)n2)CC1. The maximum absolute atomic E-state index is 11.5. The molecule has 3 heterocycles. The first-order chi connectivity index (χ1) is 11.0. The first-order valence-electron chi connectivity index (χ1n) is 8.64. The minimum Gasteiger partial charge on any atom is -0.356 e. The lowest BCUT2D eigenvalue weighted by Crippen LogP contribution is -2.48. The van der Waals surface area contributed by atoms with E-state index < -0.39 is 0 Å². The number of piperidine rings is 1. The summed E-state index contributed by atoms with van der Waals surface area (Å²) in [6.07, 6.45) is 2.46. The van der Waals surface area contributed by atoms with Gasteiger partial charge in [-0.15, -0.1) is 0 Å². The molecule has 2 fully saturated rings. The molecular formula is C17H27N5O. The summed E-state index contributed by atoms with van der Waals surface area (Å²) in [7, 11) is 0. The van der Waals surface area contributed by atoms with Crippen molar-refractivity contribution in [2.75, 3.05) is 49.1 Å². The number of carbonyl (C=O) groups excluding carboxylic acids is 1. The lowest BCUT2D eigenvalue weighted by atomic mass is 9.99. The summed E-state index contributed by atoms with van der Waals surface area (Å²) in [5, 5.41) is 0. The van der Waals surface area contributed by atoms with Crippen LogP contribution in [0.15, 0.2) is 6.07 Å². The first-order valence-corrected chi connectivity index (χ1v) is 8.64. The van der Waals surface area contributed by atoms with Crippen LogP contribution in [0.4, 0.5) is 11.8 Å². The monoisotopic (exact) mass is 317 g/mol. The van der Waals surface area contributed by atoms with Crippen LogP contribution in [0.3, 0.4) is 0 Å². The molecule has 0 atom stereocenters. The van der Waals surface area contributed by atoms with Crippen LogP contribution in [0.5, 0.6) is 0 Å². The molecule has 0 unspecified atom stereocenters. The van der Waals surface area contributed by atoms with Crippen molar-refractivity contribution in [1.82, 2.24) is 14.9 Å². The summed E-state index contributed by atoms with van der Waals surface area (Å²) in [5.74, 6) is 2.82. The average Bonchev–Trinajstić information content (AvgIpc) is 2.55. The minimum absolute atomic E-state index is 0.151. The van der Waals surface area contributed by atoms with Crippen LogP contribution in [0.2, 0.25) is 0 Å². The van der Waals surface area contributed by atoms with Crippen molar-refractivity contribution in [3.8, 4) is 0 Å². The zero-order valence-corrected chi connectivity index (χ0v) is 14.5. The smallest absolute Gasteiger partial charge is 0.227 e. The van der Waals surface area contributed by atoms with Crippen molar-refractivity contribution in [2.24, 2.45) is 5.92 Å². The van der Waals surface area contributed by atoms with Gasteiger partial charge in [-0.25, -0.2) is 4.98 Å².